The highest BCUT2D eigenvalue weighted by atomic mass is 35.5. The third kappa shape index (κ3) is 6.78. The van der Waals surface area contributed by atoms with Gasteiger partial charge in [0.15, 0.2) is 0 Å². The zero-order valence-electron chi connectivity index (χ0n) is 22.6. The number of rotatable bonds is 7. The van der Waals surface area contributed by atoms with Crippen molar-refractivity contribution in [1.29, 1.82) is 0 Å². The second-order valence-corrected chi connectivity index (χ2v) is 11.3. The first kappa shape index (κ1) is 29.2. The van der Waals surface area contributed by atoms with Crippen LogP contribution in [0.15, 0.2) is 72.9 Å². The maximum atomic E-state index is 14.8. The lowest BCUT2D eigenvalue weighted by molar-refractivity contribution is -0.127. The van der Waals surface area contributed by atoms with Crippen LogP contribution in [0.3, 0.4) is 0 Å². The summed E-state index contributed by atoms with van der Waals surface area (Å²) in [6, 6.07) is 17.8. The van der Waals surface area contributed by atoms with E-state index in [4.69, 9.17) is 23.2 Å². The molecule has 0 aliphatic carbocycles. The monoisotopic (exact) mass is 608 g/mol. The van der Waals surface area contributed by atoms with Crippen LogP contribution in [0, 0.1) is 11.2 Å². The molecule has 1 aliphatic rings. The molecule has 2 heterocycles. The van der Waals surface area contributed by atoms with E-state index in [9.17, 15) is 18.8 Å². The van der Waals surface area contributed by atoms with E-state index in [2.05, 4.69) is 20.9 Å². The molecule has 1 saturated heterocycles. The summed E-state index contributed by atoms with van der Waals surface area (Å²) in [5.74, 6) is -1.37. The fourth-order valence-corrected chi connectivity index (χ4v) is 5.44. The first-order valence-electron chi connectivity index (χ1n) is 13.2. The lowest BCUT2D eigenvalue weighted by atomic mass is 9.80. The molecule has 216 valence electrons. The first-order valence-corrected chi connectivity index (χ1v) is 14.0. The molecule has 2 N–H and O–H groups in total. The Morgan fingerprint density at radius 2 is 1.71 bits per heavy atom. The smallest absolute Gasteiger partial charge is 0.253 e. The molecule has 1 fully saturated rings. The Kier molecular flexibility index (Phi) is 8.56. The van der Waals surface area contributed by atoms with Crippen molar-refractivity contribution in [3.8, 4) is 11.3 Å². The summed E-state index contributed by atoms with van der Waals surface area (Å²) in [5.41, 5.74) is 0.827. The lowest BCUT2D eigenvalue weighted by Crippen LogP contribution is -2.50. The Morgan fingerprint density at radius 1 is 0.976 bits per heavy atom. The second-order valence-electron chi connectivity index (χ2n) is 10.4. The van der Waals surface area contributed by atoms with Crippen molar-refractivity contribution in [2.45, 2.75) is 26.3 Å². The zero-order valence-corrected chi connectivity index (χ0v) is 24.1. The Bertz CT molecular complexity index is 1630. The third-order valence-electron chi connectivity index (χ3n) is 7.04. The molecule has 12 heteroatoms. The molecule has 3 amide bonds. The van der Waals surface area contributed by atoms with Gasteiger partial charge in [-0.25, -0.2) is 9.07 Å². The molecule has 1 aliphatic heterocycles. The van der Waals surface area contributed by atoms with Crippen molar-refractivity contribution in [2.75, 3.05) is 23.7 Å². The van der Waals surface area contributed by atoms with Crippen LogP contribution in [-0.4, -0.2) is 50.7 Å². The second kappa shape index (κ2) is 12.3. The number of carbonyl (C=O) groups excluding carboxylic acids is 3. The van der Waals surface area contributed by atoms with E-state index < -0.39 is 17.1 Å². The number of halogens is 3. The Hall–Kier alpha value is -4.28. The molecule has 0 spiro atoms. The van der Waals surface area contributed by atoms with E-state index in [1.165, 1.54) is 29.1 Å². The summed E-state index contributed by atoms with van der Waals surface area (Å²) in [4.78, 5) is 40.6. The largest absolute Gasteiger partial charge is 0.338 e. The van der Waals surface area contributed by atoms with Crippen LogP contribution in [0.5, 0.6) is 0 Å². The lowest BCUT2D eigenvalue weighted by Gasteiger charge is -2.39. The molecule has 9 nitrogen and oxygen atoms in total. The molecule has 3 aromatic carbocycles. The summed E-state index contributed by atoms with van der Waals surface area (Å²) in [5, 5.41) is 14.3. The number of anilines is 2. The fraction of sp³-hybridized carbons (Fsp3) is 0.233. The summed E-state index contributed by atoms with van der Waals surface area (Å²) < 4.78 is 16.1. The van der Waals surface area contributed by atoms with Crippen molar-refractivity contribution in [2.24, 2.45) is 5.41 Å². The summed E-state index contributed by atoms with van der Waals surface area (Å²) in [7, 11) is 0. The van der Waals surface area contributed by atoms with Gasteiger partial charge in [-0.2, -0.15) is 0 Å². The fourth-order valence-electron chi connectivity index (χ4n) is 4.92. The van der Waals surface area contributed by atoms with Gasteiger partial charge in [-0.05, 0) is 68.3 Å². The number of hydrogen-bond donors (Lipinski definition) is 2. The Labute approximate surface area is 251 Å². The van der Waals surface area contributed by atoms with Crippen LogP contribution in [-0.2, 0) is 16.1 Å². The molecule has 4 aromatic rings. The normalized spacial score (nSPS) is 16.6. The SMILES string of the molecule is CC1(C(=O)Nc2ccc(F)c(-c3cn(CC(=O)Nc4cc(Cl)cc(Cl)c4)nn3)c2)CCCN(C(=O)c2ccccc2)C1. The molecule has 1 atom stereocenters. The molecular formula is C30H27Cl2FN6O3. The van der Waals surface area contributed by atoms with E-state index in [0.717, 1.165) is 0 Å². The van der Waals surface area contributed by atoms with E-state index >= 15 is 0 Å². The average Bonchev–Trinajstić information content (AvgIpc) is 3.41. The third-order valence-corrected chi connectivity index (χ3v) is 7.48. The van der Waals surface area contributed by atoms with Gasteiger partial charge < -0.3 is 15.5 Å². The minimum Gasteiger partial charge on any atom is -0.338 e. The topological polar surface area (TPSA) is 109 Å². The predicted octanol–water partition coefficient (Wildman–Crippen LogP) is 5.91. The summed E-state index contributed by atoms with van der Waals surface area (Å²) >= 11 is 12.0. The summed E-state index contributed by atoms with van der Waals surface area (Å²) in [6.45, 7) is 2.47. The number of hydrogen-bond acceptors (Lipinski definition) is 5. The van der Waals surface area contributed by atoms with Gasteiger partial charge in [0, 0.05) is 45.6 Å². The van der Waals surface area contributed by atoms with E-state index in [1.807, 2.05) is 13.0 Å². The Balaban J connectivity index is 1.25. The first-order chi connectivity index (χ1) is 20.1. The number of piperidine rings is 1. The zero-order chi connectivity index (χ0) is 29.9. The van der Waals surface area contributed by atoms with Crippen LogP contribution in [0.4, 0.5) is 15.8 Å². The minimum absolute atomic E-state index is 0.107. The van der Waals surface area contributed by atoms with Gasteiger partial charge in [-0.3, -0.25) is 14.4 Å². The summed E-state index contributed by atoms with van der Waals surface area (Å²) in [6.07, 6.45) is 2.71. The quantitative estimate of drug-likeness (QED) is 0.271. The molecule has 1 unspecified atom stereocenters. The van der Waals surface area contributed by atoms with Crippen LogP contribution in [0.2, 0.25) is 10.0 Å². The van der Waals surface area contributed by atoms with E-state index in [0.29, 0.717) is 46.4 Å². The number of nitrogens with one attached hydrogen (secondary N) is 2. The van der Waals surface area contributed by atoms with Gasteiger partial charge in [-0.15, -0.1) is 5.10 Å². The van der Waals surface area contributed by atoms with Crippen LogP contribution >= 0.6 is 23.2 Å². The molecular weight excluding hydrogens is 582 g/mol. The van der Waals surface area contributed by atoms with E-state index in [1.54, 1.807) is 47.4 Å². The highest BCUT2D eigenvalue weighted by Crippen LogP contribution is 2.33. The minimum atomic E-state index is -0.832. The molecule has 42 heavy (non-hydrogen) atoms. The average molecular weight is 609 g/mol. The van der Waals surface area contributed by atoms with Gasteiger partial charge in [-0.1, -0.05) is 46.6 Å². The number of nitrogens with zero attached hydrogens (tertiary/aromatic N) is 4. The van der Waals surface area contributed by atoms with Crippen LogP contribution < -0.4 is 10.6 Å². The Morgan fingerprint density at radius 3 is 2.45 bits per heavy atom. The number of benzene rings is 3. The van der Waals surface area contributed by atoms with Crippen molar-refractivity contribution in [3.63, 3.8) is 0 Å². The van der Waals surface area contributed by atoms with Gasteiger partial charge in [0.25, 0.3) is 5.91 Å². The number of carbonyl (C=O) groups is 3. The predicted molar refractivity (Wildman–Crippen MR) is 159 cm³/mol. The van der Waals surface area contributed by atoms with Gasteiger partial charge in [0.05, 0.1) is 11.6 Å². The molecule has 5 rings (SSSR count). The van der Waals surface area contributed by atoms with Crippen molar-refractivity contribution in [3.05, 3.63) is 94.4 Å². The maximum Gasteiger partial charge on any atom is 0.253 e. The van der Waals surface area contributed by atoms with Crippen molar-refractivity contribution < 1.29 is 18.8 Å². The highest BCUT2D eigenvalue weighted by Gasteiger charge is 2.39. The molecule has 0 bridgehead atoms. The molecule has 0 saturated carbocycles. The standard InChI is InChI=1S/C30H27Cl2FN6O3/c1-30(10-5-11-38(18-30)28(41)19-6-3-2-4-7-19)29(42)35-22-8-9-25(33)24(15-22)26-16-39(37-36-26)17-27(40)34-23-13-20(31)12-21(32)14-23/h2-4,6-9,12-16H,5,10-11,17-18H2,1H3,(H,34,40)(H,35,42). The van der Waals surface area contributed by atoms with Gasteiger partial charge in [0.2, 0.25) is 11.8 Å². The number of amides is 3. The van der Waals surface area contributed by atoms with Gasteiger partial charge >= 0.3 is 0 Å². The van der Waals surface area contributed by atoms with Gasteiger partial charge in [0.1, 0.15) is 18.1 Å². The number of aromatic nitrogens is 3. The number of likely N-dealkylation sites (tertiary alicyclic amines) is 1. The highest BCUT2D eigenvalue weighted by molar-refractivity contribution is 6.35. The molecule has 1 aromatic heterocycles. The van der Waals surface area contributed by atoms with Crippen molar-refractivity contribution in [1.82, 2.24) is 19.9 Å². The van der Waals surface area contributed by atoms with E-state index in [-0.39, 0.29) is 36.2 Å². The van der Waals surface area contributed by atoms with Crippen LogP contribution in [0.1, 0.15) is 30.1 Å². The molecule has 0 radical (unpaired) electrons. The van der Waals surface area contributed by atoms with Crippen molar-refractivity contribution >= 4 is 52.3 Å². The maximum absolute atomic E-state index is 14.8. The van der Waals surface area contributed by atoms with Crippen LogP contribution in [0.25, 0.3) is 11.3 Å².